The van der Waals surface area contributed by atoms with Crippen LogP contribution in [0.25, 0.3) is 0 Å². The third-order valence-corrected chi connectivity index (χ3v) is 5.44. The molecule has 3 unspecified atom stereocenters. The standard InChI is InChI=1S/C19H21Cl2O5P.Li/c1-11(23-3)25-13-8-9-17(16(10-13)26-12(2)24-4)27-19(22)18-14(20)6-5-7-15(18)21;/h5-12,27H,1-4H3;/q;+1. The molecule has 28 heavy (non-hydrogen) atoms. The van der Waals surface area contributed by atoms with Crippen molar-refractivity contribution < 1.29 is 42.6 Å². The molecule has 0 spiro atoms. The number of methoxy groups -OCH3 is 2. The molecule has 2 aromatic rings. The van der Waals surface area contributed by atoms with Gasteiger partial charge in [-0.05, 0) is 46.7 Å². The maximum Gasteiger partial charge on any atom is 1.00 e. The number of rotatable bonds is 9. The molecule has 0 radical (unpaired) electrons. The van der Waals surface area contributed by atoms with Gasteiger partial charge >= 0.3 is 18.9 Å². The molecular weight excluding hydrogens is 417 g/mol. The van der Waals surface area contributed by atoms with E-state index in [-0.39, 0.29) is 33.0 Å². The van der Waals surface area contributed by atoms with E-state index < -0.39 is 12.6 Å². The SMILES string of the molecule is COC(C)Oc1ccc(PC(=O)c2c(Cl)cccc2Cl)c(OC(C)OC)c1.[Li+]. The Morgan fingerprint density at radius 1 is 0.964 bits per heavy atom. The van der Waals surface area contributed by atoms with Crippen molar-refractivity contribution in [3.63, 3.8) is 0 Å². The number of halogens is 2. The van der Waals surface area contributed by atoms with Gasteiger partial charge in [-0.3, -0.25) is 4.79 Å². The fourth-order valence-corrected chi connectivity index (χ4v) is 3.93. The van der Waals surface area contributed by atoms with Crippen LogP contribution >= 0.6 is 31.8 Å². The predicted octanol–water partition coefficient (Wildman–Crippen LogP) is 1.88. The zero-order valence-corrected chi connectivity index (χ0v) is 18.9. The van der Waals surface area contributed by atoms with E-state index in [9.17, 15) is 4.79 Å². The normalized spacial score (nSPS) is 13.1. The van der Waals surface area contributed by atoms with Crippen LogP contribution in [0.1, 0.15) is 24.2 Å². The van der Waals surface area contributed by atoms with Crippen molar-refractivity contribution in [2.24, 2.45) is 0 Å². The van der Waals surface area contributed by atoms with Gasteiger partial charge in [0, 0.05) is 25.6 Å². The van der Waals surface area contributed by atoms with E-state index in [4.69, 9.17) is 42.1 Å². The first-order chi connectivity index (χ1) is 12.8. The average molecular weight is 438 g/mol. The number of hydrogen-bond donors (Lipinski definition) is 0. The van der Waals surface area contributed by atoms with E-state index in [0.717, 1.165) is 0 Å². The molecule has 2 rings (SSSR count). The molecule has 0 aromatic heterocycles. The van der Waals surface area contributed by atoms with Crippen molar-refractivity contribution in [3.8, 4) is 11.5 Å². The van der Waals surface area contributed by atoms with Crippen molar-refractivity contribution in [2.75, 3.05) is 14.2 Å². The second-order valence-corrected chi connectivity index (χ2v) is 7.61. The third-order valence-electron chi connectivity index (χ3n) is 3.65. The maximum atomic E-state index is 12.8. The van der Waals surface area contributed by atoms with Crippen LogP contribution in [-0.4, -0.2) is 32.3 Å². The van der Waals surface area contributed by atoms with E-state index in [2.05, 4.69) is 0 Å². The summed E-state index contributed by atoms with van der Waals surface area (Å²) in [6.45, 7) is 3.53. The van der Waals surface area contributed by atoms with Crippen molar-refractivity contribution in [1.82, 2.24) is 0 Å². The molecule has 9 heteroatoms. The minimum absolute atomic E-state index is 0. The summed E-state index contributed by atoms with van der Waals surface area (Å²) in [7, 11) is 2.85. The molecular formula is C19H21Cl2LiO5P+. The van der Waals surface area contributed by atoms with Crippen molar-refractivity contribution >= 4 is 42.6 Å². The maximum absolute atomic E-state index is 12.8. The Kier molecular flexibility index (Phi) is 10.9. The molecule has 146 valence electrons. The Labute approximate surface area is 188 Å². The topological polar surface area (TPSA) is 54.0 Å². The van der Waals surface area contributed by atoms with Crippen LogP contribution in [0.2, 0.25) is 10.0 Å². The molecule has 0 fully saturated rings. The fourth-order valence-electron chi connectivity index (χ4n) is 2.14. The zero-order chi connectivity index (χ0) is 20.0. The Hall–Kier alpha value is -0.763. The second kappa shape index (κ2) is 12.1. The molecule has 0 amide bonds. The second-order valence-electron chi connectivity index (χ2n) is 5.55. The fraction of sp³-hybridized carbons (Fsp3) is 0.316. The van der Waals surface area contributed by atoms with Crippen LogP contribution in [0.5, 0.6) is 11.5 Å². The Bertz CT molecular complexity index is 786. The summed E-state index contributed by atoms with van der Waals surface area (Å²) in [5.74, 6) is 1.04. The quantitative estimate of drug-likeness (QED) is 0.340. The summed E-state index contributed by atoms with van der Waals surface area (Å²) in [5, 5.41) is 1.33. The van der Waals surface area contributed by atoms with Crippen LogP contribution in [-0.2, 0) is 9.47 Å². The van der Waals surface area contributed by atoms with Gasteiger partial charge < -0.3 is 18.9 Å². The molecule has 3 atom stereocenters. The molecule has 0 aliphatic rings. The van der Waals surface area contributed by atoms with Crippen molar-refractivity contribution in [3.05, 3.63) is 52.0 Å². The van der Waals surface area contributed by atoms with Gasteiger partial charge in [0.25, 0.3) is 0 Å². The van der Waals surface area contributed by atoms with E-state index >= 15 is 0 Å². The minimum atomic E-state index is -0.498. The number of carbonyl (C=O) groups excluding carboxylic acids is 1. The van der Waals surface area contributed by atoms with Crippen LogP contribution in [0.4, 0.5) is 0 Å². The molecule has 5 nitrogen and oxygen atoms in total. The summed E-state index contributed by atoms with van der Waals surface area (Å²) in [6.07, 6.45) is -0.919. The molecule has 0 saturated carbocycles. The Morgan fingerprint density at radius 2 is 1.54 bits per heavy atom. The number of benzene rings is 2. The number of hydrogen-bond acceptors (Lipinski definition) is 5. The Morgan fingerprint density at radius 3 is 2.11 bits per heavy atom. The number of ether oxygens (including phenoxy) is 4. The summed E-state index contributed by atoms with van der Waals surface area (Å²) >= 11 is 12.3. The van der Waals surface area contributed by atoms with Crippen molar-refractivity contribution in [2.45, 2.75) is 26.4 Å². The Balaban J connectivity index is 0.00000392. The van der Waals surface area contributed by atoms with Gasteiger partial charge in [0.1, 0.15) is 11.5 Å². The van der Waals surface area contributed by atoms with Crippen LogP contribution in [0.15, 0.2) is 36.4 Å². The first-order valence-corrected chi connectivity index (χ1v) is 9.89. The minimum Gasteiger partial charge on any atom is -0.465 e. The predicted molar refractivity (Wildman–Crippen MR) is 109 cm³/mol. The molecule has 0 N–H and O–H groups in total. The number of carbonyl (C=O) groups is 1. The van der Waals surface area contributed by atoms with Gasteiger partial charge in [0.2, 0.25) is 0 Å². The summed E-state index contributed by atoms with van der Waals surface area (Å²) in [6, 6.07) is 10.2. The van der Waals surface area contributed by atoms with Gasteiger partial charge in [-0.2, -0.15) is 0 Å². The summed E-state index contributed by atoms with van der Waals surface area (Å²) in [5.41, 5.74) is 0.123. The van der Waals surface area contributed by atoms with E-state index in [1.807, 2.05) is 0 Å². The van der Waals surface area contributed by atoms with Crippen LogP contribution < -0.4 is 33.6 Å². The zero-order valence-electron chi connectivity index (χ0n) is 16.4. The van der Waals surface area contributed by atoms with Crippen molar-refractivity contribution in [1.29, 1.82) is 0 Å². The van der Waals surface area contributed by atoms with Gasteiger partial charge in [-0.25, -0.2) is 0 Å². The van der Waals surface area contributed by atoms with E-state index in [1.54, 1.807) is 57.4 Å². The summed E-state index contributed by atoms with van der Waals surface area (Å²) < 4.78 is 21.7. The summed E-state index contributed by atoms with van der Waals surface area (Å²) in [4.78, 5) is 12.8. The smallest absolute Gasteiger partial charge is 0.465 e. The monoisotopic (exact) mass is 437 g/mol. The molecule has 0 bridgehead atoms. The van der Waals surface area contributed by atoms with Gasteiger partial charge in [-0.15, -0.1) is 0 Å². The molecule has 2 aromatic carbocycles. The molecule has 0 aliphatic heterocycles. The molecule has 0 saturated heterocycles. The van der Waals surface area contributed by atoms with Gasteiger partial charge in [-0.1, -0.05) is 29.3 Å². The van der Waals surface area contributed by atoms with Crippen LogP contribution in [0, 0.1) is 0 Å². The molecule has 0 heterocycles. The van der Waals surface area contributed by atoms with E-state index in [1.165, 1.54) is 7.11 Å². The van der Waals surface area contributed by atoms with Gasteiger partial charge in [0.05, 0.1) is 15.6 Å². The largest absolute Gasteiger partial charge is 1.00 e. The third kappa shape index (κ3) is 6.93. The van der Waals surface area contributed by atoms with E-state index in [0.29, 0.717) is 32.4 Å². The average Bonchev–Trinajstić information content (AvgIpc) is 2.63. The van der Waals surface area contributed by atoms with Crippen LogP contribution in [0.3, 0.4) is 0 Å². The molecule has 0 aliphatic carbocycles. The first-order valence-electron chi connectivity index (χ1n) is 8.14. The van der Waals surface area contributed by atoms with Gasteiger partial charge in [0.15, 0.2) is 18.1 Å². The first kappa shape index (κ1) is 25.3.